The lowest BCUT2D eigenvalue weighted by Gasteiger charge is -2.10. The number of hydrogen-bond donors (Lipinski definition) is 3. The van der Waals surface area contributed by atoms with Crippen molar-refractivity contribution in [2.75, 3.05) is 30.3 Å². The molecule has 0 unspecified atom stereocenters. The Kier molecular flexibility index (Phi) is 6.94. The van der Waals surface area contributed by atoms with Gasteiger partial charge in [0.15, 0.2) is 12.4 Å². The highest BCUT2D eigenvalue weighted by Crippen LogP contribution is 2.15. The molecule has 1 amide bonds. The number of ether oxygens (including phenoxy) is 1. The number of pyridine rings is 1. The van der Waals surface area contributed by atoms with Gasteiger partial charge in [0.05, 0.1) is 0 Å². The van der Waals surface area contributed by atoms with Crippen LogP contribution in [0.4, 0.5) is 17.5 Å². The molecule has 0 aliphatic rings. The van der Waals surface area contributed by atoms with Crippen LogP contribution in [-0.4, -0.2) is 40.8 Å². The fraction of sp³-hybridized carbons (Fsp3) is 0.238. The van der Waals surface area contributed by atoms with Crippen molar-refractivity contribution in [2.45, 2.75) is 13.8 Å². The van der Waals surface area contributed by atoms with Gasteiger partial charge in [0.2, 0.25) is 0 Å². The molecule has 8 nitrogen and oxygen atoms in total. The SMILES string of the molecule is Cc1ccc(Nc2ccc(NCCNC(=O)COc3ccccc3C)nn2)nc1. The van der Waals surface area contributed by atoms with Crippen LogP contribution in [0, 0.1) is 13.8 Å². The van der Waals surface area contributed by atoms with Crippen molar-refractivity contribution in [1.82, 2.24) is 20.5 Å². The van der Waals surface area contributed by atoms with E-state index in [9.17, 15) is 4.79 Å². The van der Waals surface area contributed by atoms with Crippen LogP contribution in [-0.2, 0) is 4.79 Å². The number of hydrogen-bond acceptors (Lipinski definition) is 7. The first-order chi connectivity index (χ1) is 14.1. The van der Waals surface area contributed by atoms with Gasteiger partial charge in [0.25, 0.3) is 5.91 Å². The van der Waals surface area contributed by atoms with E-state index in [2.05, 4.69) is 31.1 Å². The third kappa shape index (κ3) is 6.46. The summed E-state index contributed by atoms with van der Waals surface area (Å²) in [6.07, 6.45) is 1.78. The first-order valence-electron chi connectivity index (χ1n) is 9.32. The van der Waals surface area contributed by atoms with Gasteiger partial charge in [-0.2, -0.15) is 0 Å². The van der Waals surface area contributed by atoms with Crippen LogP contribution >= 0.6 is 0 Å². The summed E-state index contributed by atoms with van der Waals surface area (Å²) >= 11 is 0. The molecule has 0 aliphatic carbocycles. The number of aryl methyl sites for hydroxylation is 2. The fourth-order valence-corrected chi connectivity index (χ4v) is 2.47. The minimum atomic E-state index is -0.175. The third-order valence-corrected chi connectivity index (χ3v) is 4.04. The number of benzene rings is 1. The molecule has 2 heterocycles. The summed E-state index contributed by atoms with van der Waals surface area (Å²) in [5.41, 5.74) is 2.09. The molecule has 0 spiro atoms. The normalized spacial score (nSPS) is 10.3. The molecule has 0 saturated carbocycles. The number of carbonyl (C=O) groups is 1. The van der Waals surface area contributed by atoms with Crippen molar-refractivity contribution in [3.8, 4) is 5.75 Å². The van der Waals surface area contributed by atoms with Crippen LogP contribution in [0.1, 0.15) is 11.1 Å². The standard InChI is InChI=1S/C21H24N6O2/c1-15-7-8-18(24-13-15)25-20-10-9-19(26-27-20)22-11-12-23-21(28)14-29-17-6-4-3-5-16(17)2/h3-10,13H,11-12,14H2,1-2H3,(H,22,26)(H,23,28)(H,24,25,27). The Morgan fingerprint density at radius 2 is 1.69 bits per heavy atom. The lowest BCUT2D eigenvalue weighted by atomic mass is 10.2. The van der Waals surface area contributed by atoms with E-state index >= 15 is 0 Å². The number of anilines is 3. The van der Waals surface area contributed by atoms with Gasteiger partial charge in [-0.05, 0) is 49.2 Å². The number of aromatic nitrogens is 3. The molecule has 0 saturated heterocycles. The first kappa shape index (κ1) is 20.1. The molecule has 0 radical (unpaired) electrons. The highest BCUT2D eigenvalue weighted by Gasteiger charge is 2.04. The van der Waals surface area contributed by atoms with E-state index < -0.39 is 0 Å². The van der Waals surface area contributed by atoms with Crippen molar-refractivity contribution >= 4 is 23.4 Å². The number of rotatable bonds is 9. The van der Waals surface area contributed by atoms with E-state index in [1.807, 2.05) is 62.4 Å². The van der Waals surface area contributed by atoms with Crippen LogP contribution in [0.2, 0.25) is 0 Å². The molecule has 3 aromatic rings. The second-order valence-corrected chi connectivity index (χ2v) is 6.48. The number of para-hydroxylation sites is 1. The van der Waals surface area contributed by atoms with Gasteiger partial charge in [-0.3, -0.25) is 4.79 Å². The van der Waals surface area contributed by atoms with Gasteiger partial charge in [-0.25, -0.2) is 4.98 Å². The summed E-state index contributed by atoms with van der Waals surface area (Å²) in [7, 11) is 0. The lowest BCUT2D eigenvalue weighted by molar-refractivity contribution is -0.123. The number of nitrogens with zero attached hydrogens (tertiary/aromatic N) is 3. The molecule has 29 heavy (non-hydrogen) atoms. The third-order valence-electron chi connectivity index (χ3n) is 4.04. The molecular weight excluding hydrogens is 368 g/mol. The van der Waals surface area contributed by atoms with Gasteiger partial charge < -0.3 is 20.7 Å². The van der Waals surface area contributed by atoms with Crippen molar-refractivity contribution in [3.63, 3.8) is 0 Å². The summed E-state index contributed by atoms with van der Waals surface area (Å²) in [6.45, 7) is 4.88. The summed E-state index contributed by atoms with van der Waals surface area (Å²) in [5, 5.41) is 17.2. The molecule has 0 bridgehead atoms. The number of carbonyl (C=O) groups excluding carboxylic acids is 1. The molecule has 8 heteroatoms. The topological polar surface area (TPSA) is 101 Å². The van der Waals surface area contributed by atoms with Crippen LogP contribution in [0.3, 0.4) is 0 Å². The number of amides is 1. The molecule has 0 aliphatic heterocycles. The fourth-order valence-electron chi connectivity index (χ4n) is 2.47. The minimum Gasteiger partial charge on any atom is -0.484 e. The van der Waals surface area contributed by atoms with E-state index in [-0.39, 0.29) is 12.5 Å². The zero-order chi connectivity index (χ0) is 20.5. The summed E-state index contributed by atoms with van der Waals surface area (Å²) in [5.74, 6) is 2.48. The molecule has 150 valence electrons. The molecule has 2 aromatic heterocycles. The molecule has 1 aromatic carbocycles. The summed E-state index contributed by atoms with van der Waals surface area (Å²) in [4.78, 5) is 16.1. The van der Waals surface area contributed by atoms with Crippen LogP contribution in [0.5, 0.6) is 5.75 Å². The van der Waals surface area contributed by atoms with E-state index in [0.29, 0.717) is 36.3 Å². The smallest absolute Gasteiger partial charge is 0.258 e. The summed E-state index contributed by atoms with van der Waals surface area (Å²) in [6, 6.07) is 15.1. The Labute approximate surface area is 169 Å². The van der Waals surface area contributed by atoms with E-state index in [1.165, 1.54) is 0 Å². The minimum absolute atomic E-state index is 0.0158. The van der Waals surface area contributed by atoms with Gasteiger partial charge >= 0.3 is 0 Å². The predicted molar refractivity (Wildman–Crippen MR) is 112 cm³/mol. The van der Waals surface area contributed by atoms with E-state index in [4.69, 9.17) is 4.74 Å². The van der Waals surface area contributed by atoms with Gasteiger partial charge in [-0.15, -0.1) is 10.2 Å². The molecule has 0 fully saturated rings. The molecular formula is C21H24N6O2. The average molecular weight is 392 g/mol. The quantitative estimate of drug-likeness (QED) is 0.481. The Morgan fingerprint density at radius 3 is 2.41 bits per heavy atom. The Morgan fingerprint density at radius 1 is 0.931 bits per heavy atom. The van der Waals surface area contributed by atoms with E-state index in [0.717, 1.165) is 11.1 Å². The summed E-state index contributed by atoms with van der Waals surface area (Å²) < 4.78 is 5.52. The van der Waals surface area contributed by atoms with E-state index in [1.54, 1.807) is 6.20 Å². The van der Waals surface area contributed by atoms with Crippen molar-refractivity contribution in [1.29, 1.82) is 0 Å². The molecule has 3 N–H and O–H groups in total. The maximum absolute atomic E-state index is 11.9. The molecule has 3 rings (SSSR count). The van der Waals surface area contributed by atoms with Crippen LogP contribution < -0.4 is 20.7 Å². The Hall–Kier alpha value is -3.68. The van der Waals surface area contributed by atoms with Gasteiger partial charge in [0, 0.05) is 19.3 Å². The van der Waals surface area contributed by atoms with Crippen molar-refractivity contribution < 1.29 is 9.53 Å². The number of nitrogens with one attached hydrogen (secondary N) is 3. The Balaban J connectivity index is 1.35. The lowest BCUT2D eigenvalue weighted by Crippen LogP contribution is -2.32. The zero-order valence-corrected chi connectivity index (χ0v) is 16.5. The highest BCUT2D eigenvalue weighted by atomic mass is 16.5. The monoisotopic (exact) mass is 392 g/mol. The zero-order valence-electron chi connectivity index (χ0n) is 16.5. The van der Waals surface area contributed by atoms with Crippen LogP contribution in [0.25, 0.3) is 0 Å². The average Bonchev–Trinajstić information content (AvgIpc) is 2.73. The van der Waals surface area contributed by atoms with Gasteiger partial charge in [0.1, 0.15) is 17.4 Å². The maximum atomic E-state index is 11.9. The van der Waals surface area contributed by atoms with Crippen LogP contribution in [0.15, 0.2) is 54.7 Å². The van der Waals surface area contributed by atoms with Gasteiger partial charge in [-0.1, -0.05) is 24.3 Å². The predicted octanol–water partition coefficient (Wildman–Crippen LogP) is 2.84. The second kappa shape index (κ2) is 10.0. The largest absolute Gasteiger partial charge is 0.484 e. The maximum Gasteiger partial charge on any atom is 0.258 e. The second-order valence-electron chi connectivity index (χ2n) is 6.48. The molecule has 0 atom stereocenters. The van der Waals surface area contributed by atoms with Crippen molar-refractivity contribution in [3.05, 3.63) is 65.9 Å². The Bertz CT molecular complexity index is 929. The van der Waals surface area contributed by atoms with Crippen molar-refractivity contribution in [2.24, 2.45) is 0 Å². The highest BCUT2D eigenvalue weighted by molar-refractivity contribution is 5.77. The first-order valence-corrected chi connectivity index (χ1v) is 9.32.